The topological polar surface area (TPSA) is 0 Å². The molecule has 5 fully saturated rings. The fourth-order valence-corrected chi connectivity index (χ4v) is 9.66. The summed E-state index contributed by atoms with van der Waals surface area (Å²) < 4.78 is 0. The van der Waals surface area contributed by atoms with Crippen LogP contribution in [-0.4, -0.2) is 0 Å². The second-order valence-electron chi connectivity index (χ2n) is 11.5. The van der Waals surface area contributed by atoms with Crippen LogP contribution < -0.4 is 0 Å². The summed E-state index contributed by atoms with van der Waals surface area (Å²) in [4.78, 5) is 0. The molecule has 5 saturated carbocycles. The molecule has 142 valence electrons. The Morgan fingerprint density at radius 3 is 1.56 bits per heavy atom. The fraction of sp³-hybridized carbons (Fsp3) is 1.00. The lowest BCUT2D eigenvalue weighted by Gasteiger charge is -2.48. The third-order valence-electron chi connectivity index (χ3n) is 10.4. The van der Waals surface area contributed by atoms with Crippen LogP contribution in [0.3, 0.4) is 0 Å². The number of hydrogen-bond acceptors (Lipinski definition) is 0. The number of rotatable bonds is 2. The van der Waals surface area contributed by atoms with E-state index in [9.17, 15) is 0 Å². The van der Waals surface area contributed by atoms with Gasteiger partial charge < -0.3 is 0 Å². The maximum absolute atomic E-state index is 2.77. The Hall–Kier alpha value is 0. The minimum Gasteiger partial charge on any atom is -0.0593 e. The lowest BCUT2D eigenvalue weighted by Crippen LogP contribution is -2.42. The molecule has 5 aliphatic carbocycles. The third kappa shape index (κ3) is 2.67. The van der Waals surface area contributed by atoms with E-state index >= 15 is 0 Å². The molecule has 5 aliphatic rings. The molecule has 0 nitrogen and oxygen atoms in total. The van der Waals surface area contributed by atoms with E-state index in [4.69, 9.17) is 0 Å². The highest BCUT2D eigenvalue weighted by Crippen LogP contribution is 2.66. The highest BCUT2D eigenvalue weighted by molar-refractivity contribution is 5.07. The fourth-order valence-electron chi connectivity index (χ4n) is 9.66. The van der Waals surface area contributed by atoms with Crippen LogP contribution in [0.4, 0.5) is 0 Å². The molecule has 0 amide bonds. The largest absolute Gasteiger partial charge is 0.0593 e. The average molecular weight is 343 g/mol. The lowest BCUT2D eigenvalue weighted by molar-refractivity contribution is 0.00131. The van der Waals surface area contributed by atoms with Crippen LogP contribution in [0.2, 0.25) is 0 Å². The minimum atomic E-state index is 0.619. The predicted molar refractivity (Wildman–Crippen MR) is 106 cm³/mol. The van der Waals surface area contributed by atoms with Crippen LogP contribution in [-0.2, 0) is 0 Å². The summed E-state index contributed by atoms with van der Waals surface area (Å²) in [6.07, 6.45) is 21.9. The lowest BCUT2D eigenvalue weighted by atomic mass is 9.56. The molecule has 0 bridgehead atoms. The highest BCUT2D eigenvalue weighted by Gasteiger charge is 2.58. The van der Waals surface area contributed by atoms with Gasteiger partial charge in [0.1, 0.15) is 0 Å². The molecular weight excluding hydrogens is 300 g/mol. The second-order valence-corrected chi connectivity index (χ2v) is 11.5. The SMILES string of the molecule is CC(C)(C1CCC2CCCCC21)C1C2CCCCC2C2CCCCC21. The molecule has 0 aromatic carbocycles. The van der Waals surface area contributed by atoms with E-state index in [1.54, 1.807) is 77.0 Å². The predicted octanol–water partition coefficient (Wildman–Crippen LogP) is 7.47. The van der Waals surface area contributed by atoms with Crippen molar-refractivity contribution in [3.8, 4) is 0 Å². The molecule has 5 rings (SSSR count). The van der Waals surface area contributed by atoms with Crippen LogP contribution in [0.15, 0.2) is 0 Å². The zero-order valence-electron chi connectivity index (χ0n) is 17.0. The normalized spacial score (nSPS) is 50.2. The summed E-state index contributed by atoms with van der Waals surface area (Å²) >= 11 is 0. The summed E-state index contributed by atoms with van der Waals surface area (Å²) in [6.45, 7) is 5.53. The molecular formula is C25H42. The first-order valence-electron chi connectivity index (χ1n) is 12.2. The first kappa shape index (κ1) is 17.1. The maximum Gasteiger partial charge on any atom is -0.0289 e. The maximum atomic E-state index is 2.77. The van der Waals surface area contributed by atoms with Gasteiger partial charge in [-0.3, -0.25) is 0 Å². The molecule has 0 saturated heterocycles. The molecule has 7 unspecified atom stereocenters. The molecule has 0 radical (unpaired) electrons. The second kappa shape index (κ2) is 6.56. The van der Waals surface area contributed by atoms with Gasteiger partial charge in [-0.25, -0.2) is 0 Å². The summed E-state index contributed by atoms with van der Waals surface area (Å²) in [7, 11) is 0. The summed E-state index contributed by atoms with van der Waals surface area (Å²) in [5.74, 6) is 8.84. The van der Waals surface area contributed by atoms with Gasteiger partial charge in [-0.2, -0.15) is 0 Å². The smallest absolute Gasteiger partial charge is 0.0289 e. The summed E-state index contributed by atoms with van der Waals surface area (Å²) in [5, 5.41) is 0. The first-order valence-corrected chi connectivity index (χ1v) is 12.2. The molecule has 0 aromatic heterocycles. The summed E-state index contributed by atoms with van der Waals surface area (Å²) in [6, 6.07) is 0. The van der Waals surface area contributed by atoms with Gasteiger partial charge in [-0.15, -0.1) is 0 Å². The Kier molecular flexibility index (Phi) is 4.49. The Morgan fingerprint density at radius 1 is 0.480 bits per heavy atom. The van der Waals surface area contributed by atoms with E-state index in [1.807, 2.05) is 0 Å². The van der Waals surface area contributed by atoms with Crippen LogP contribution in [0, 0.1) is 52.8 Å². The van der Waals surface area contributed by atoms with Crippen molar-refractivity contribution >= 4 is 0 Å². The number of hydrogen-bond donors (Lipinski definition) is 0. The molecule has 0 aromatic rings. The summed E-state index contributed by atoms with van der Waals surface area (Å²) in [5.41, 5.74) is 0.619. The van der Waals surface area contributed by atoms with Crippen molar-refractivity contribution in [3.05, 3.63) is 0 Å². The van der Waals surface area contributed by atoms with Crippen LogP contribution in [0.5, 0.6) is 0 Å². The van der Waals surface area contributed by atoms with E-state index in [-0.39, 0.29) is 0 Å². The van der Waals surface area contributed by atoms with Gasteiger partial charge in [0, 0.05) is 0 Å². The van der Waals surface area contributed by atoms with E-state index in [0.29, 0.717) is 5.41 Å². The first-order chi connectivity index (χ1) is 12.2. The van der Waals surface area contributed by atoms with E-state index in [2.05, 4.69) is 13.8 Å². The standard InChI is InChI=1S/C25H42/c1-25(2,23-16-15-17-9-3-4-10-18(17)23)24-21-13-7-5-11-19(21)20-12-6-8-14-22(20)24/h17-24H,3-16H2,1-2H3. The van der Waals surface area contributed by atoms with Crippen molar-refractivity contribution in [2.75, 3.05) is 0 Å². The molecule has 0 heteroatoms. The van der Waals surface area contributed by atoms with E-state index < -0.39 is 0 Å². The van der Waals surface area contributed by atoms with Crippen molar-refractivity contribution in [1.29, 1.82) is 0 Å². The van der Waals surface area contributed by atoms with Gasteiger partial charge in [-0.1, -0.05) is 58.8 Å². The van der Waals surface area contributed by atoms with Crippen molar-refractivity contribution in [3.63, 3.8) is 0 Å². The molecule has 7 atom stereocenters. The third-order valence-corrected chi connectivity index (χ3v) is 10.4. The van der Waals surface area contributed by atoms with E-state index in [0.717, 1.165) is 47.3 Å². The molecule has 0 N–H and O–H groups in total. The van der Waals surface area contributed by atoms with Crippen LogP contribution >= 0.6 is 0 Å². The van der Waals surface area contributed by atoms with Crippen LogP contribution in [0.25, 0.3) is 0 Å². The van der Waals surface area contributed by atoms with Crippen LogP contribution in [0.1, 0.15) is 104 Å². The zero-order chi connectivity index (χ0) is 17.0. The van der Waals surface area contributed by atoms with Gasteiger partial charge in [0.15, 0.2) is 0 Å². The minimum absolute atomic E-state index is 0.619. The van der Waals surface area contributed by atoms with Crippen molar-refractivity contribution in [2.45, 2.75) is 104 Å². The zero-order valence-corrected chi connectivity index (χ0v) is 17.0. The van der Waals surface area contributed by atoms with Crippen molar-refractivity contribution in [2.24, 2.45) is 52.8 Å². The van der Waals surface area contributed by atoms with Crippen molar-refractivity contribution in [1.82, 2.24) is 0 Å². The van der Waals surface area contributed by atoms with Gasteiger partial charge in [0.05, 0.1) is 0 Å². The average Bonchev–Trinajstić information content (AvgIpc) is 3.22. The Balaban J connectivity index is 1.45. The Bertz CT molecular complexity index is 454. The number of fused-ring (bicyclic) bond motifs is 4. The van der Waals surface area contributed by atoms with Gasteiger partial charge in [0.25, 0.3) is 0 Å². The van der Waals surface area contributed by atoms with Gasteiger partial charge in [0.2, 0.25) is 0 Å². The quantitative estimate of drug-likeness (QED) is 0.488. The van der Waals surface area contributed by atoms with Crippen molar-refractivity contribution < 1.29 is 0 Å². The highest BCUT2D eigenvalue weighted by atomic mass is 14.6. The van der Waals surface area contributed by atoms with E-state index in [1.165, 1.54) is 12.8 Å². The Labute approximate surface area is 156 Å². The van der Waals surface area contributed by atoms with Gasteiger partial charge >= 0.3 is 0 Å². The van der Waals surface area contributed by atoms with Gasteiger partial charge in [-0.05, 0) is 97.7 Å². The monoisotopic (exact) mass is 342 g/mol. The molecule has 0 heterocycles. The molecule has 0 spiro atoms. The molecule has 0 aliphatic heterocycles. The Morgan fingerprint density at radius 2 is 0.960 bits per heavy atom. The molecule has 25 heavy (non-hydrogen) atoms.